The highest BCUT2D eigenvalue weighted by molar-refractivity contribution is 5.92. The molecule has 0 fully saturated rings. The number of nitrogens with zero attached hydrogens (tertiary/aromatic N) is 5. The van der Waals surface area contributed by atoms with E-state index in [1.807, 2.05) is 32.2 Å². The molecule has 1 amide bonds. The maximum atomic E-state index is 13.1. The number of allylic oxidation sites excluding steroid dienone is 1. The minimum atomic E-state index is -0.350. The Morgan fingerprint density at radius 1 is 1.33 bits per heavy atom. The van der Waals surface area contributed by atoms with Crippen LogP contribution in [-0.2, 0) is 13.1 Å². The molecule has 1 N–H and O–H groups in total. The summed E-state index contributed by atoms with van der Waals surface area (Å²) in [5.74, 6) is 1.11. The Morgan fingerprint density at radius 2 is 2.17 bits per heavy atom. The molecule has 0 aliphatic heterocycles. The number of furan rings is 1. The predicted octanol–water partition coefficient (Wildman–Crippen LogP) is 2.19. The first kappa shape index (κ1) is 19.4. The highest BCUT2D eigenvalue weighted by atomic mass is 16.3. The third kappa shape index (κ3) is 3.57. The van der Waals surface area contributed by atoms with Crippen molar-refractivity contribution in [2.24, 2.45) is 0 Å². The van der Waals surface area contributed by atoms with Gasteiger partial charge in [0.2, 0.25) is 5.65 Å². The van der Waals surface area contributed by atoms with Gasteiger partial charge in [0.1, 0.15) is 17.2 Å². The molecule has 0 aromatic carbocycles. The fraction of sp³-hybridized carbons (Fsp3) is 0.238. The number of aromatic nitrogens is 5. The highest BCUT2D eigenvalue weighted by Crippen LogP contribution is 2.26. The quantitative estimate of drug-likeness (QED) is 0.474. The molecule has 0 saturated heterocycles. The van der Waals surface area contributed by atoms with Crippen LogP contribution in [0.3, 0.4) is 0 Å². The van der Waals surface area contributed by atoms with Crippen LogP contribution in [0.2, 0.25) is 0 Å². The van der Waals surface area contributed by atoms with E-state index in [1.54, 1.807) is 38.3 Å². The fourth-order valence-electron chi connectivity index (χ4n) is 3.41. The molecule has 0 saturated carbocycles. The van der Waals surface area contributed by atoms with E-state index >= 15 is 0 Å². The summed E-state index contributed by atoms with van der Waals surface area (Å²) < 4.78 is 10.5. The number of hydrogen-bond donors (Lipinski definition) is 1. The van der Waals surface area contributed by atoms with Gasteiger partial charge in [-0.15, -0.1) is 6.58 Å². The van der Waals surface area contributed by atoms with Gasteiger partial charge in [0.15, 0.2) is 0 Å². The molecule has 0 radical (unpaired) electrons. The first-order valence-electron chi connectivity index (χ1n) is 9.54. The maximum Gasteiger partial charge on any atom is 0.295 e. The average Bonchev–Trinajstić information content (AvgIpc) is 3.44. The van der Waals surface area contributed by atoms with E-state index in [9.17, 15) is 9.59 Å². The SMILES string of the molecule is C=CCn1c(-c2cc(C)oc2C)cn2cc(C(=O)NCCn3cccn3)nc2c1=O. The Bertz CT molecular complexity index is 1280. The zero-order valence-electron chi connectivity index (χ0n) is 16.8. The average molecular weight is 406 g/mol. The van der Waals surface area contributed by atoms with Gasteiger partial charge >= 0.3 is 0 Å². The number of carbonyl (C=O) groups excluding carboxylic acids is 1. The van der Waals surface area contributed by atoms with E-state index in [1.165, 1.54) is 0 Å². The van der Waals surface area contributed by atoms with Gasteiger partial charge in [-0.3, -0.25) is 23.2 Å². The van der Waals surface area contributed by atoms with Crippen LogP contribution in [0.15, 0.2) is 58.8 Å². The lowest BCUT2D eigenvalue weighted by molar-refractivity contribution is 0.0947. The van der Waals surface area contributed by atoms with E-state index < -0.39 is 0 Å². The molecule has 4 aromatic heterocycles. The van der Waals surface area contributed by atoms with Crippen molar-refractivity contribution in [3.63, 3.8) is 0 Å². The van der Waals surface area contributed by atoms with E-state index in [0.717, 1.165) is 11.3 Å². The fourth-order valence-corrected chi connectivity index (χ4v) is 3.41. The predicted molar refractivity (Wildman–Crippen MR) is 111 cm³/mol. The molecule has 154 valence electrons. The maximum absolute atomic E-state index is 13.1. The Kier molecular flexibility index (Phi) is 5.09. The van der Waals surface area contributed by atoms with Gasteiger partial charge in [0, 0.05) is 43.4 Å². The van der Waals surface area contributed by atoms with Crippen LogP contribution in [-0.4, -0.2) is 36.2 Å². The van der Waals surface area contributed by atoms with E-state index in [-0.39, 0.29) is 22.8 Å². The van der Waals surface area contributed by atoms with Crippen molar-refractivity contribution in [3.05, 3.63) is 77.1 Å². The lowest BCUT2D eigenvalue weighted by Gasteiger charge is -2.11. The summed E-state index contributed by atoms with van der Waals surface area (Å²) in [6, 6.07) is 3.70. The van der Waals surface area contributed by atoms with Crippen LogP contribution in [0.25, 0.3) is 16.9 Å². The molecule has 0 bridgehead atoms. The van der Waals surface area contributed by atoms with Gasteiger partial charge < -0.3 is 9.73 Å². The molecule has 0 spiro atoms. The van der Waals surface area contributed by atoms with Crippen molar-refractivity contribution >= 4 is 11.6 Å². The molecular weight excluding hydrogens is 384 g/mol. The summed E-state index contributed by atoms with van der Waals surface area (Å²) in [5, 5.41) is 6.89. The number of rotatable bonds is 7. The number of carbonyl (C=O) groups is 1. The minimum absolute atomic E-state index is 0.176. The molecule has 0 atom stereocenters. The molecule has 9 nitrogen and oxygen atoms in total. The molecule has 0 aliphatic rings. The monoisotopic (exact) mass is 406 g/mol. The molecule has 9 heteroatoms. The van der Waals surface area contributed by atoms with Crippen LogP contribution in [0.4, 0.5) is 0 Å². The molecule has 30 heavy (non-hydrogen) atoms. The van der Waals surface area contributed by atoms with Gasteiger partial charge in [-0.1, -0.05) is 6.08 Å². The largest absolute Gasteiger partial charge is 0.466 e. The highest BCUT2D eigenvalue weighted by Gasteiger charge is 2.18. The van der Waals surface area contributed by atoms with Crippen molar-refractivity contribution in [2.45, 2.75) is 26.9 Å². The second kappa shape index (κ2) is 7.86. The standard InChI is InChI=1S/C21H22N6O3/c1-4-8-27-18(16-11-14(2)30-15(16)3)13-25-12-17(24-19(25)21(27)29)20(28)22-7-10-26-9-5-6-23-26/h4-6,9,11-13H,1,7-8,10H2,2-3H3,(H,22,28). The molecule has 0 aliphatic carbocycles. The van der Waals surface area contributed by atoms with Gasteiger partial charge in [-0.2, -0.15) is 5.10 Å². The van der Waals surface area contributed by atoms with E-state index in [4.69, 9.17) is 4.42 Å². The van der Waals surface area contributed by atoms with Gasteiger partial charge in [-0.25, -0.2) is 4.98 Å². The summed E-state index contributed by atoms with van der Waals surface area (Å²) in [6.45, 7) is 8.70. The summed E-state index contributed by atoms with van der Waals surface area (Å²) in [6.07, 6.45) is 8.49. The number of amides is 1. The van der Waals surface area contributed by atoms with E-state index in [0.29, 0.717) is 31.1 Å². The number of aryl methyl sites for hydroxylation is 2. The third-order valence-electron chi connectivity index (χ3n) is 4.77. The Balaban J connectivity index is 1.69. The summed E-state index contributed by atoms with van der Waals surface area (Å²) in [5.41, 5.74) is 1.53. The molecule has 4 rings (SSSR count). The first-order valence-corrected chi connectivity index (χ1v) is 9.54. The van der Waals surface area contributed by atoms with Gasteiger partial charge in [0.25, 0.3) is 11.5 Å². The normalized spacial score (nSPS) is 11.1. The second-order valence-electron chi connectivity index (χ2n) is 6.93. The zero-order chi connectivity index (χ0) is 21.3. The van der Waals surface area contributed by atoms with Crippen molar-refractivity contribution in [1.82, 2.24) is 29.0 Å². The van der Waals surface area contributed by atoms with Crippen molar-refractivity contribution in [2.75, 3.05) is 6.54 Å². The van der Waals surface area contributed by atoms with Crippen molar-refractivity contribution in [1.29, 1.82) is 0 Å². The first-order chi connectivity index (χ1) is 14.5. The smallest absolute Gasteiger partial charge is 0.295 e. The second-order valence-corrected chi connectivity index (χ2v) is 6.93. The number of fused-ring (bicyclic) bond motifs is 1. The van der Waals surface area contributed by atoms with Crippen molar-refractivity contribution in [3.8, 4) is 11.3 Å². The lowest BCUT2D eigenvalue weighted by atomic mass is 10.2. The Hall–Kier alpha value is -3.88. The Morgan fingerprint density at radius 3 is 2.83 bits per heavy atom. The molecular formula is C21H22N6O3. The van der Waals surface area contributed by atoms with Crippen molar-refractivity contribution < 1.29 is 9.21 Å². The summed E-state index contributed by atoms with van der Waals surface area (Å²) in [4.78, 5) is 29.9. The number of hydrogen-bond acceptors (Lipinski definition) is 5. The number of imidazole rings is 1. The number of nitrogens with one attached hydrogen (secondary N) is 1. The third-order valence-corrected chi connectivity index (χ3v) is 4.77. The molecule has 4 heterocycles. The van der Waals surface area contributed by atoms with Gasteiger partial charge in [0.05, 0.1) is 12.2 Å². The van der Waals surface area contributed by atoms with Crippen LogP contribution in [0, 0.1) is 13.8 Å². The lowest BCUT2D eigenvalue weighted by Crippen LogP contribution is -2.27. The Labute approximate surface area is 172 Å². The van der Waals surface area contributed by atoms with Crippen LogP contribution >= 0.6 is 0 Å². The van der Waals surface area contributed by atoms with Crippen LogP contribution in [0.5, 0.6) is 0 Å². The van der Waals surface area contributed by atoms with E-state index in [2.05, 4.69) is 22.0 Å². The minimum Gasteiger partial charge on any atom is -0.466 e. The van der Waals surface area contributed by atoms with Crippen LogP contribution in [0.1, 0.15) is 22.0 Å². The molecule has 4 aromatic rings. The van der Waals surface area contributed by atoms with Crippen LogP contribution < -0.4 is 10.9 Å². The van der Waals surface area contributed by atoms with Gasteiger partial charge in [-0.05, 0) is 26.0 Å². The molecule has 0 unspecified atom stereocenters. The summed E-state index contributed by atoms with van der Waals surface area (Å²) in [7, 11) is 0. The zero-order valence-corrected chi connectivity index (χ0v) is 16.8. The summed E-state index contributed by atoms with van der Waals surface area (Å²) >= 11 is 0. The topological polar surface area (TPSA) is 99.4 Å².